The topological polar surface area (TPSA) is 182 Å². The molecule has 1 aromatic carbocycles. The third-order valence-corrected chi connectivity index (χ3v) is 14.9. The van der Waals surface area contributed by atoms with Crippen LogP contribution >= 0.6 is 0 Å². The van der Waals surface area contributed by atoms with Gasteiger partial charge in [-0.1, -0.05) is 25.0 Å². The lowest BCUT2D eigenvalue weighted by Gasteiger charge is -2.41. The Labute approximate surface area is 341 Å². The van der Waals surface area contributed by atoms with E-state index in [1.807, 2.05) is 6.08 Å². The molecular weight excluding hydrogens is 796 g/mol. The lowest BCUT2D eigenvalue weighted by molar-refractivity contribution is -0.146. The minimum absolute atomic E-state index is 0.0742. The van der Waals surface area contributed by atoms with Crippen molar-refractivity contribution in [2.24, 2.45) is 5.92 Å². The predicted octanol–water partition coefficient (Wildman–Crippen LogP) is 5.60. The van der Waals surface area contributed by atoms with Crippen molar-refractivity contribution in [3.05, 3.63) is 41.6 Å². The molecule has 3 N–H and O–H groups in total. The third kappa shape index (κ3) is 8.69. The Hall–Kier alpha value is -4.61. The highest BCUT2D eigenvalue weighted by atomic mass is 32.2. The Morgan fingerprint density at radius 3 is 2.46 bits per heavy atom. The summed E-state index contributed by atoms with van der Waals surface area (Å²) < 4.78 is 88.8. The number of allylic oxidation sites excluding steroid dienone is 1. The van der Waals surface area contributed by atoms with Crippen LogP contribution in [-0.2, 0) is 41.7 Å². The minimum atomic E-state index is -4.92. The average Bonchev–Trinajstić information content (AvgIpc) is 4.12. The first-order valence-electron chi connectivity index (χ1n) is 20.2. The predicted molar refractivity (Wildman–Crippen MR) is 209 cm³/mol. The standard InChI is InChI=1S/C41H52F3N5O9S/c1-37(17-18-37)58-36(53)46-29-12-10-8-6-7-9-11-24-22-40(24,35(52)48-59(54,55)39(3)19-20-39)47-33(50)30(49(4)34(29)51)23-38(2)16-15-26-27-21-25(56-5)13-14-28(27)45-32(31(26)57-38)41(42,43)44/h9,11,13-14,21,24,29-30H,6-8,10,12,15-20,22-23H2,1-5H3,(H,46,53)(H,47,50)(H,48,52)/b11-9-/t24-,29+,30+,38-,40-/m1/s1. The molecule has 0 spiro atoms. The van der Waals surface area contributed by atoms with Crippen LogP contribution in [0, 0.1) is 5.92 Å². The van der Waals surface area contributed by atoms with Crippen molar-refractivity contribution in [1.82, 2.24) is 25.2 Å². The summed E-state index contributed by atoms with van der Waals surface area (Å²) in [6.45, 7) is 4.86. The van der Waals surface area contributed by atoms with Crippen molar-refractivity contribution < 1.29 is 55.0 Å². The number of aryl methyl sites for hydroxylation is 1. The van der Waals surface area contributed by atoms with Crippen molar-refractivity contribution in [3.8, 4) is 11.5 Å². The number of rotatable bonds is 8. The fourth-order valence-electron chi connectivity index (χ4n) is 8.06. The van der Waals surface area contributed by atoms with Gasteiger partial charge in [-0.2, -0.15) is 13.2 Å². The Bertz CT molecular complexity index is 2190. The number of carbonyl (C=O) groups is 4. The van der Waals surface area contributed by atoms with E-state index in [-0.39, 0.29) is 43.2 Å². The first-order chi connectivity index (χ1) is 27.6. The van der Waals surface area contributed by atoms with Gasteiger partial charge in [0.2, 0.25) is 21.8 Å². The molecule has 59 heavy (non-hydrogen) atoms. The number of methoxy groups -OCH3 is 1. The van der Waals surface area contributed by atoms with Gasteiger partial charge in [0.05, 0.1) is 17.4 Å². The van der Waals surface area contributed by atoms with E-state index in [9.17, 15) is 40.8 Å². The van der Waals surface area contributed by atoms with Crippen LogP contribution in [-0.4, -0.2) is 89.8 Å². The molecule has 0 saturated heterocycles. The molecule has 3 heterocycles. The number of carbonyl (C=O) groups excluding carboxylic acids is 4. The van der Waals surface area contributed by atoms with Crippen molar-refractivity contribution >= 4 is 44.7 Å². The maximum Gasteiger partial charge on any atom is 0.437 e. The van der Waals surface area contributed by atoms with Gasteiger partial charge in [-0.15, -0.1) is 0 Å². The molecule has 0 radical (unpaired) electrons. The number of alkyl carbamates (subject to hydrolysis) is 1. The maximum atomic E-state index is 14.8. The zero-order valence-electron chi connectivity index (χ0n) is 33.9. The second-order valence-electron chi connectivity index (χ2n) is 17.6. The number of hydrogen-bond acceptors (Lipinski definition) is 10. The number of benzene rings is 1. The molecule has 3 fully saturated rings. The van der Waals surface area contributed by atoms with E-state index in [2.05, 4.69) is 20.3 Å². The Balaban J connectivity index is 1.25. The van der Waals surface area contributed by atoms with Crippen molar-refractivity contribution in [2.75, 3.05) is 14.2 Å². The molecule has 3 saturated carbocycles. The number of hydrogen-bond donors (Lipinski definition) is 3. The number of alkyl halides is 3. The molecule has 3 aliphatic carbocycles. The monoisotopic (exact) mass is 847 g/mol. The molecule has 4 amide bonds. The highest BCUT2D eigenvalue weighted by Gasteiger charge is 2.63. The molecule has 0 unspecified atom stereocenters. The van der Waals surface area contributed by atoms with E-state index in [0.717, 1.165) is 11.3 Å². The Morgan fingerprint density at radius 2 is 1.80 bits per heavy atom. The van der Waals surface area contributed by atoms with Crippen molar-refractivity contribution in [2.45, 2.75) is 144 Å². The molecule has 14 nitrogen and oxygen atoms in total. The highest BCUT2D eigenvalue weighted by molar-refractivity contribution is 7.91. The SMILES string of the molecule is COc1ccc2nc(C(F)(F)F)c3c(c2c1)CC[C@](C)(C[C@H]1C(=O)N[C@]2(C(=O)NS(=O)(=O)C4(C)CC4)C[C@H]2/C=C\CCCCC[C@H](NC(=O)OC2(C)CC2)C(=O)N1C)O3. The summed E-state index contributed by atoms with van der Waals surface area (Å²) >= 11 is 0. The summed E-state index contributed by atoms with van der Waals surface area (Å²) in [6.07, 6.45) is 2.68. The van der Waals surface area contributed by atoms with Gasteiger partial charge in [0.1, 0.15) is 34.6 Å². The number of ether oxygens (including phenoxy) is 3. The zero-order valence-corrected chi connectivity index (χ0v) is 34.7. The van der Waals surface area contributed by atoms with Gasteiger partial charge in [-0.3, -0.25) is 19.1 Å². The molecule has 2 aromatic rings. The summed E-state index contributed by atoms with van der Waals surface area (Å²) in [5.41, 5.74) is -4.73. The van der Waals surface area contributed by atoms with Crippen LogP contribution in [0.1, 0.15) is 109 Å². The second kappa shape index (κ2) is 15.1. The largest absolute Gasteiger partial charge is 0.497 e. The zero-order chi connectivity index (χ0) is 42.8. The van der Waals surface area contributed by atoms with Crippen LogP contribution in [0.25, 0.3) is 10.9 Å². The molecule has 0 bridgehead atoms. The molecule has 2 aliphatic heterocycles. The van der Waals surface area contributed by atoms with Gasteiger partial charge in [-0.05, 0) is 103 Å². The van der Waals surface area contributed by atoms with E-state index >= 15 is 0 Å². The first-order valence-corrected chi connectivity index (χ1v) is 21.7. The molecular formula is C41H52F3N5O9S. The van der Waals surface area contributed by atoms with E-state index in [0.29, 0.717) is 56.1 Å². The van der Waals surface area contributed by atoms with Gasteiger partial charge in [0.25, 0.3) is 5.91 Å². The number of fused-ring (bicyclic) bond motifs is 4. The molecule has 5 aliphatic rings. The fraction of sp³-hybridized carbons (Fsp3) is 0.634. The summed E-state index contributed by atoms with van der Waals surface area (Å²) in [5, 5.41) is 5.88. The molecule has 18 heteroatoms. The number of halogens is 3. The van der Waals surface area contributed by atoms with Crippen LogP contribution in [0.5, 0.6) is 11.5 Å². The molecule has 1 aromatic heterocycles. The lowest BCUT2D eigenvalue weighted by Crippen LogP contribution is -2.61. The maximum absolute atomic E-state index is 14.8. The average molecular weight is 848 g/mol. The normalized spacial score (nSPS) is 29.6. The van der Waals surface area contributed by atoms with Crippen LogP contribution in [0.2, 0.25) is 0 Å². The van der Waals surface area contributed by atoms with E-state index in [4.69, 9.17) is 14.2 Å². The molecule has 5 atom stereocenters. The lowest BCUT2D eigenvalue weighted by atomic mass is 9.85. The number of amides is 4. The van der Waals surface area contributed by atoms with Crippen LogP contribution in [0.4, 0.5) is 18.0 Å². The molecule has 7 rings (SSSR count). The van der Waals surface area contributed by atoms with Gasteiger partial charge < -0.3 is 29.7 Å². The Morgan fingerprint density at radius 1 is 1.07 bits per heavy atom. The number of nitrogens with one attached hydrogen (secondary N) is 3. The van der Waals surface area contributed by atoms with Gasteiger partial charge in [-0.25, -0.2) is 18.2 Å². The first kappa shape index (κ1) is 42.5. The number of likely N-dealkylation sites (N-methyl/N-ethyl adjacent to an activating group) is 1. The summed E-state index contributed by atoms with van der Waals surface area (Å²) in [5.74, 6) is -3.11. The molecule has 322 valence electrons. The van der Waals surface area contributed by atoms with Crippen LogP contribution in [0.15, 0.2) is 30.4 Å². The Kier molecular flexibility index (Phi) is 10.9. The van der Waals surface area contributed by atoms with E-state index < -0.39 is 90.9 Å². The third-order valence-electron chi connectivity index (χ3n) is 12.7. The smallest absolute Gasteiger partial charge is 0.437 e. The number of aromatic nitrogens is 1. The summed E-state index contributed by atoms with van der Waals surface area (Å²) in [6, 6.07) is 1.93. The van der Waals surface area contributed by atoms with Gasteiger partial charge in [0, 0.05) is 30.3 Å². The minimum Gasteiger partial charge on any atom is -0.497 e. The van der Waals surface area contributed by atoms with Crippen molar-refractivity contribution in [3.63, 3.8) is 0 Å². The number of pyridine rings is 1. The van der Waals surface area contributed by atoms with Gasteiger partial charge in [0.15, 0.2) is 11.4 Å². The van der Waals surface area contributed by atoms with Crippen molar-refractivity contribution in [1.29, 1.82) is 0 Å². The van der Waals surface area contributed by atoms with E-state index in [1.54, 1.807) is 26.0 Å². The summed E-state index contributed by atoms with van der Waals surface area (Å²) in [4.78, 5) is 61.4. The second-order valence-corrected chi connectivity index (χ2v) is 19.8. The highest BCUT2D eigenvalue weighted by Crippen LogP contribution is 2.49. The quantitative estimate of drug-likeness (QED) is 0.283. The summed E-state index contributed by atoms with van der Waals surface area (Å²) in [7, 11) is -1.32. The number of nitrogens with zero attached hydrogens (tertiary/aromatic N) is 2. The van der Waals surface area contributed by atoms with Crippen LogP contribution < -0.4 is 24.8 Å². The van der Waals surface area contributed by atoms with E-state index in [1.165, 1.54) is 33.2 Å². The van der Waals surface area contributed by atoms with Crippen LogP contribution in [0.3, 0.4) is 0 Å². The fourth-order valence-corrected chi connectivity index (χ4v) is 9.37. The van der Waals surface area contributed by atoms with Gasteiger partial charge >= 0.3 is 12.3 Å². The number of sulfonamides is 1.